The van der Waals surface area contributed by atoms with Crippen LogP contribution in [0.15, 0.2) is 24.3 Å². The summed E-state index contributed by atoms with van der Waals surface area (Å²) in [5, 5.41) is 3.04. The molecule has 0 bridgehead atoms. The average molecular weight is 257 g/mol. The van der Waals surface area contributed by atoms with Crippen LogP contribution in [0, 0.1) is 12.3 Å². The van der Waals surface area contributed by atoms with Gasteiger partial charge in [-0.05, 0) is 31.5 Å². The van der Waals surface area contributed by atoms with Gasteiger partial charge in [0.1, 0.15) is 5.75 Å². The molecule has 1 rings (SSSR count). The van der Waals surface area contributed by atoms with E-state index in [4.69, 9.17) is 6.42 Å². The molecule has 98 valence electrons. The third-order valence-corrected chi connectivity index (χ3v) is 2.23. The number of hydrogen-bond donors (Lipinski definition) is 1. The van der Waals surface area contributed by atoms with Gasteiger partial charge >= 0.3 is 6.36 Å². The monoisotopic (exact) mass is 257 g/mol. The smallest absolute Gasteiger partial charge is 0.406 e. The molecule has 0 radical (unpaired) electrons. The predicted molar refractivity (Wildman–Crippen MR) is 62.9 cm³/mol. The highest BCUT2D eigenvalue weighted by Crippen LogP contribution is 2.23. The molecule has 0 spiro atoms. The van der Waals surface area contributed by atoms with Crippen LogP contribution in [0.3, 0.4) is 0 Å². The van der Waals surface area contributed by atoms with Crippen LogP contribution >= 0.6 is 0 Å². The summed E-state index contributed by atoms with van der Waals surface area (Å²) in [5.74, 6) is 2.31. The van der Waals surface area contributed by atoms with E-state index in [-0.39, 0.29) is 5.75 Å². The van der Waals surface area contributed by atoms with Crippen LogP contribution in [0.5, 0.6) is 5.75 Å². The van der Waals surface area contributed by atoms with E-state index in [2.05, 4.69) is 16.0 Å². The van der Waals surface area contributed by atoms with Crippen molar-refractivity contribution in [3.63, 3.8) is 0 Å². The number of terminal acetylenes is 1. The number of benzene rings is 1. The summed E-state index contributed by atoms with van der Waals surface area (Å²) in [6.45, 7) is 3.98. The number of nitrogens with one attached hydrogen (secondary N) is 1. The van der Waals surface area contributed by atoms with Crippen LogP contribution in [-0.4, -0.2) is 11.9 Å². The zero-order valence-electron chi connectivity index (χ0n) is 10.1. The molecule has 0 saturated carbocycles. The molecule has 0 unspecified atom stereocenters. The van der Waals surface area contributed by atoms with E-state index in [1.807, 2.05) is 13.8 Å². The molecule has 0 aliphatic heterocycles. The fourth-order valence-corrected chi connectivity index (χ4v) is 1.23. The fraction of sp³-hybridized carbons (Fsp3) is 0.385. The molecule has 1 aromatic rings. The van der Waals surface area contributed by atoms with Crippen molar-refractivity contribution in [2.75, 3.05) is 0 Å². The van der Waals surface area contributed by atoms with Gasteiger partial charge in [-0.25, -0.2) is 0 Å². The van der Waals surface area contributed by atoms with Gasteiger partial charge in [0, 0.05) is 6.54 Å². The third-order valence-electron chi connectivity index (χ3n) is 2.23. The Kier molecular flexibility index (Phi) is 4.25. The summed E-state index contributed by atoms with van der Waals surface area (Å²) in [4.78, 5) is 0. The lowest BCUT2D eigenvalue weighted by molar-refractivity contribution is -0.274. The lowest BCUT2D eigenvalue weighted by atomic mass is 10.1. The molecule has 0 atom stereocenters. The van der Waals surface area contributed by atoms with Crippen LogP contribution in [0.25, 0.3) is 0 Å². The maximum absolute atomic E-state index is 12.0. The highest BCUT2D eigenvalue weighted by atomic mass is 19.4. The van der Waals surface area contributed by atoms with Gasteiger partial charge in [0.25, 0.3) is 0 Å². The summed E-state index contributed by atoms with van der Waals surface area (Å²) in [6.07, 6.45) is 0.621. The average Bonchev–Trinajstić information content (AvgIpc) is 2.25. The summed E-state index contributed by atoms with van der Waals surface area (Å²) >= 11 is 0. The zero-order valence-corrected chi connectivity index (χ0v) is 10.1. The second-order valence-corrected chi connectivity index (χ2v) is 4.32. The molecule has 0 saturated heterocycles. The van der Waals surface area contributed by atoms with Gasteiger partial charge in [0.2, 0.25) is 0 Å². The topological polar surface area (TPSA) is 21.3 Å². The molecule has 1 aromatic carbocycles. The zero-order chi connectivity index (χ0) is 13.8. The molecule has 5 heteroatoms. The van der Waals surface area contributed by atoms with E-state index in [0.717, 1.165) is 0 Å². The fourth-order valence-electron chi connectivity index (χ4n) is 1.23. The van der Waals surface area contributed by atoms with Crippen molar-refractivity contribution in [2.45, 2.75) is 32.3 Å². The maximum Gasteiger partial charge on any atom is 0.573 e. The molecule has 18 heavy (non-hydrogen) atoms. The number of halogens is 3. The predicted octanol–water partition coefficient (Wildman–Crippen LogP) is 3.09. The maximum atomic E-state index is 12.0. The van der Waals surface area contributed by atoms with Gasteiger partial charge < -0.3 is 4.74 Å². The van der Waals surface area contributed by atoms with Crippen LogP contribution in [0.4, 0.5) is 13.2 Å². The Bertz CT molecular complexity index is 446. The third kappa shape index (κ3) is 5.11. The minimum absolute atomic E-state index is 0.236. The van der Waals surface area contributed by atoms with Crippen molar-refractivity contribution in [3.05, 3.63) is 29.8 Å². The minimum atomic E-state index is -4.68. The van der Waals surface area contributed by atoms with Gasteiger partial charge in [-0.3, -0.25) is 5.32 Å². The molecule has 0 aromatic heterocycles. The molecular weight excluding hydrogens is 243 g/mol. The lowest BCUT2D eigenvalue weighted by Gasteiger charge is -2.19. The van der Waals surface area contributed by atoms with Gasteiger partial charge in [-0.15, -0.1) is 19.6 Å². The number of rotatable bonds is 4. The summed E-state index contributed by atoms with van der Waals surface area (Å²) in [6, 6.07) is 5.78. The molecule has 1 N–H and O–H groups in total. The first kappa shape index (κ1) is 14.4. The number of ether oxygens (including phenoxy) is 1. The van der Waals surface area contributed by atoms with Crippen LogP contribution in [-0.2, 0) is 6.54 Å². The Labute approximate surface area is 104 Å². The lowest BCUT2D eigenvalue weighted by Crippen LogP contribution is -2.36. The van der Waals surface area contributed by atoms with Gasteiger partial charge in [-0.1, -0.05) is 18.1 Å². The molecule has 0 aliphatic rings. The quantitative estimate of drug-likeness (QED) is 0.837. The van der Waals surface area contributed by atoms with Crippen LogP contribution in [0.2, 0.25) is 0 Å². The molecule has 2 nitrogen and oxygen atoms in total. The molecule has 0 aliphatic carbocycles. The Morgan fingerprint density at radius 2 is 2.00 bits per heavy atom. The standard InChI is InChI=1S/C13H14F3NO/c1-4-12(2,3)17-9-10-6-5-7-11(8-10)18-13(14,15)16/h1,5-8,17H,9H2,2-3H3. The van der Waals surface area contributed by atoms with Crippen LogP contribution in [0.1, 0.15) is 19.4 Å². The van der Waals surface area contributed by atoms with Gasteiger partial charge in [-0.2, -0.15) is 0 Å². The van der Waals surface area contributed by atoms with Crippen molar-refractivity contribution in [2.24, 2.45) is 0 Å². The van der Waals surface area contributed by atoms with E-state index in [1.165, 1.54) is 18.2 Å². The van der Waals surface area contributed by atoms with Gasteiger partial charge in [0.15, 0.2) is 0 Å². The van der Waals surface area contributed by atoms with Crippen LogP contribution < -0.4 is 10.1 Å². The van der Waals surface area contributed by atoms with Crippen molar-refractivity contribution >= 4 is 0 Å². The van der Waals surface area contributed by atoms with Crippen molar-refractivity contribution in [1.29, 1.82) is 0 Å². The van der Waals surface area contributed by atoms with Gasteiger partial charge in [0.05, 0.1) is 5.54 Å². The molecule has 0 heterocycles. The normalized spacial score (nSPS) is 12.0. The van der Waals surface area contributed by atoms with E-state index in [1.54, 1.807) is 6.07 Å². The summed E-state index contributed by atoms with van der Waals surface area (Å²) in [7, 11) is 0. The van der Waals surface area contributed by atoms with E-state index >= 15 is 0 Å². The second kappa shape index (κ2) is 5.32. The molecule has 0 fully saturated rings. The first-order valence-electron chi connectivity index (χ1n) is 5.29. The van der Waals surface area contributed by atoms with E-state index < -0.39 is 11.9 Å². The summed E-state index contributed by atoms with van der Waals surface area (Å²) in [5.41, 5.74) is 0.154. The van der Waals surface area contributed by atoms with E-state index in [9.17, 15) is 13.2 Å². The number of alkyl halides is 3. The second-order valence-electron chi connectivity index (χ2n) is 4.32. The minimum Gasteiger partial charge on any atom is -0.406 e. The highest BCUT2D eigenvalue weighted by molar-refractivity contribution is 5.29. The first-order chi connectivity index (χ1) is 8.22. The Morgan fingerprint density at radius 1 is 1.33 bits per heavy atom. The first-order valence-corrected chi connectivity index (χ1v) is 5.29. The van der Waals surface area contributed by atoms with E-state index in [0.29, 0.717) is 12.1 Å². The summed E-state index contributed by atoms with van der Waals surface area (Å²) < 4.78 is 39.9. The Hall–Kier alpha value is -1.67. The Morgan fingerprint density at radius 3 is 2.56 bits per heavy atom. The largest absolute Gasteiger partial charge is 0.573 e. The highest BCUT2D eigenvalue weighted by Gasteiger charge is 2.31. The Balaban J connectivity index is 2.69. The van der Waals surface area contributed by atoms with Crippen molar-refractivity contribution in [1.82, 2.24) is 5.32 Å². The van der Waals surface area contributed by atoms with Crippen molar-refractivity contribution < 1.29 is 17.9 Å². The SMILES string of the molecule is C#CC(C)(C)NCc1cccc(OC(F)(F)F)c1. The number of hydrogen-bond acceptors (Lipinski definition) is 2. The molecule has 0 amide bonds. The molecular formula is C13H14F3NO. The van der Waals surface area contributed by atoms with Crippen molar-refractivity contribution in [3.8, 4) is 18.1 Å².